The molecule has 102 valence electrons. The molecule has 0 aliphatic rings. The molecule has 2 aromatic rings. The summed E-state index contributed by atoms with van der Waals surface area (Å²) in [5.41, 5.74) is 9.42. The Morgan fingerprint density at radius 3 is 2.42 bits per heavy atom. The van der Waals surface area contributed by atoms with Gasteiger partial charge in [0.1, 0.15) is 0 Å². The lowest BCUT2D eigenvalue weighted by Crippen LogP contribution is -2.31. The lowest BCUT2D eigenvalue weighted by Gasteiger charge is -2.23. The number of nitrogens with zero attached hydrogens (tertiary/aromatic N) is 2. The molecule has 1 heterocycles. The summed E-state index contributed by atoms with van der Waals surface area (Å²) >= 11 is 7.08. The monoisotopic (exact) mass is 385 g/mol. The smallest absolute Gasteiger partial charge is 0.0920 e. The number of halogens is 2. The molecule has 0 saturated heterocycles. The van der Waals surface area contributed by atoms with Gasteiger partial charge in [-0.1, -0.05) is 28.1 Å². The third-order valence-electron chi connectivity index (χ3n) is 3.19. The largest absolute Gasteiger partial charge is 0.326 e. The molecule has 0 amide bonds. The molecular weight excluding hydrogens is 370 g/mol. The second-order valence-electron chi connectivity index (χ2n) is 4.79. The minimum Gasteiger partial charge on any atom is -0.326 e. The van der Waals surface area contributed by atoms with E-state index in [4.69, 9.17) is 5.73 Å². The van der Waals surface area contributed by atoms with Crippen LogP contribution in [0.5, 0.6) is 0 Å². The first-order valence-corrected chi connectivity index (χ1v) is 7.72. The van der Waals surface area contributed by atoms with Crippen molar-refractivity contribution in [2.24, 2.45) is 5.73 Å². The van der Waals surface area contributed by atoms with E-state index < -0.39 is 0 Å². The second-order valence-corrected chi connectivity index (χ2v) is 6.50. The fourth-order valence-corrected chi connectivity index (χ4v) is 2.95. The van der Waals surface area contributed by atoms with Crippen molar-refractivity contribution in [3.63, 3.8) is 0 Å². The van der Waals surface area contributed by atoms with Gasteiger partial charge < -0.3 is 5.73 Å². The molecule has 0 aliphatic heterocycles. The van der Waals surface area contributed by atoms with Crippen LogP contribution in [0.1, 0.15) is 29.9 Å². The third kappa shape index (κ3) is 2.93. The number of hydrogen-bond acceptors (Lipinski definition) is 2. The second kappa shape index (κ2) is 5.77. The van der Waals surface area contributed by atoms with Gasteiger partial charge in [-0.2, -0.15) is 5.10 Å². The first kappa shape index (κ1) is 14.8. The summed E-state index contributed by atoms with van der Waals surface area (Å²) in [7, 11) is 0. The van der Waals surface area contributed by atoms with Crippen LogP contribution in [0, 0.1) is 13.8 Å². The van der Waals surface area contributed by atoms with Crippen molar-refractivity contribution in [1.29, 1.82) is 0 Å². The van der Waals surface area contributed by atoms with E-state index in [9.17, 15) is 0 Å². The fourth-order valence-electron chi connectivity index (χ4n) is 2.27. The van der Waals surface area contributed by atoms with Gasteiger partial charge in [0, 0.05) is 10.5 Å². The molecule has 2 unspecified atom stereocenters. The molecule has 0 bridgehead atoms. The molecule has 0 radical (unpaired) electrons. The summed E-state index contributed by atoms with van der Waals surface area (Å²) in [5, 5.41) is 4.61. The minimum absolute atomic E-state index is 0.0285. The zero-order valence-electron chi connectivity index (χ0n) is 11.2. The van der Waals surface area contributed by atoms with E-state index in [0.717, 1.165) is 25.9 Å². The summed E-state index contributed by atoms with van der Waals surface area (Å²) in [6, 6.07) is 8.22. The number of aryl methyl sites for hydroxylation is 1. The number of aromatic nitrogens is 2. The van der Waals surface area contributed by atoms with Gasteiger partial charge >= 0.3 is 0 Å². The van der Waals surface area contributed by atoms with E-state index in [2.05, 4.69) is 56.0 Å². The molecule has 0 fully saturated rings. The van der Waals surface area contributed by atoms with E-state index in [1.807, 2.05) is 30.7 Å². The van der Waals surface area contributed by atoms with Crippen molar-refractivity contribution in [1.82, 2.24) is 9.78 Å². The molecule has 2 atom stereocenters. The van der Waals surface area contributed by atoms with E-state index in [1.165, 1.54) is 0 Å². The Hall–Kier alpha value is -0.650. The maximum atomic E-state index is 6.19. The number of benzene rings is 1. The third-order valence-corrected chi connectivity index (χ3v) is 4.83. The Labute approximate surface area is 130 Å². The van der Waals surface area contributed by atoms with Gasteiger partial charge in [0.2, 0.25) is 0 Å². The summed E-state index contributed by atoms with van der Waals surface area (Å²) in [6.45, 7) is 6.06. The molecular formula is C14H17Br2N3. The van der Waals surface area contributed by atoms with Crippen molar-refractivity contribution in [2.45, 2.75) is 32.9 Å². The quantitative estimate of drug-likeness (QED) is 0.867. The lowest BCUT2D eigenvalue weighted by atomic mass is 10.0. The highest BCUT2D eigenvalue weighted by Crippen LogP contribution is 2.29. The highest BCUT2D eigenvalue weighted by atomic mass is 79.9. The molecule has 2 rings (SSSR count). The van der Waals surface area contributed by atoms with Crippen molar-refractivity contribution in [2.75, 3.05) is 0 Å². The Balaban J connectivity index is 2.55. The molecule has 3 nitrogen and oxygen atoms in total. The maximum absolute atomic E-state index is 6.19. The zero-order chi connectivity index (χ0) is 14.2. The maximum Gasteiger partial charge on any atom is 0.0920 e. The Kier molecular flexibility index (Phi) is 4.48. The highest BCUT2D eigenvalue weighted by Gasteiger charge is 2.23. The van der Waals surface area contributed by atoms with Crippen LogP contribution in [0.2, 0.25) is 0 Å². The molecule has 0 aliphatic carbocycles. The molecule has 1 aromatic carbocycles. The van der Waals surface area contributed by atoms with Gasteiger partial charge in [-0.25, -0.2) is 0 Å². The number of nitrogens with two attached hydrogens (primary N) is 1. The van der Waals surface area contributed by atoms with Crippen LogP contribution in [0.25, 0.3) is 0 Å². The van der Waals surface area contributed by atoms with Crippen LogP contribution in [0.3, 0.4) is 0 Å². The Morgan fingerprint density at radius 1 is 1.26 bits per heavy atom. The molecule has 0 spiro atoms. The van der Waals surface area contributed by atoms with E-state index in [-0.39, 0.29) is 12.1 Å². The first-order valence-electron chi connectivity index (χ1n) is 6.14. The normalized spacial score (nSPS) is 14.4. The molecule has 1 aromatic heterocycles. The van der Waals surface area contributed by atoms with Gasteiger partial charge in [-0.15, -0.1) is 0 Å². The van der Waals surface area contributed by atoms with Crippen molar-refractivity contribution >= 4 is 31.9 Å². The zero-order valence-corrected chi connectivity index (χ0v) is 14.4. The van der Waals surface area contributed by atoms with Crippen LogP contribution in [0.15, 0.2) is 33.2 Å². The SMILES string of the molecule is Cc1nn(C(c2cccc(Br)c2)C(C)N)c(C)c1Br. The molecule has 0 saturated carbocycles. The molecule has 2 N–H and O–H groups in total. The summed E-state index contributed by atoms with van der Waals surface area (Å²) in [5.74, 6) is 0. The highest BCUT2D eigenvalue weighted by molar-refractivity contribution is 9.10. The van der Waals surface area contributed by atoms with Crippen LogP contribution in [0.4, 0.5) is 0 Å². The van der Waals surface area contributed by atoms with Crippen molar-refractivity contribution in [3.05, 3.63) is 50.2 Å². The van der Waals surface area contributed by atoms with Gasteiger partial charge in [0.15, 0.2) is 0 Å². The van der Waals surface area contributed by atoms with Gasteiger partial charge in [-0.3, -0.25) is 4.68 Å². The average molecular weight is 387 g/mol. The van der Waals surface area contributed by atoms with Crippen molar-refractivity contribution in [3.8, 4) is 0 Å². The van der Waals surface area contributed by atoms with Gasteiger partial charge in [0.05, 0.1) is 21.9 Å². The van der Waals surface area contributed by atoms with Gasteiger partial charge in [0.25, 0.3) is 0 Å². The number of hydrogen-bond donors (Lipinski definition) is 1. The van der Waals surface area contributed by atoms with Crippen LogP contribution >= 0.6 is 31.9 Å². The van der Waals surface area contributed by atoms with E-state index in [1.54, 1.807) is 0 Å². The standard InChI is InChI=1S/C14H17Br2N3/c1-8(17)14(11-5-4-6-12(15)7-11)19-10(3)13(16)9(2)18-19/h4-8,14H,17H2,1-3H3. The Morgan fingerprint density at radius 2 is 1.95 bits per heavy atom. The minimum atomic E-state index is -0.0285. The topological polar surface area (TPSA) is 43.8 Å². The average Bonchev–Trinajstić information content (AvgIpc) is 2.57. The Bertz CT molecular complexity index is 590. The first-order chi connectivity index (χ1) is 8.91. The van der Waals surface area contributed by atoms with Crippen molar-refractivity contribution < 1.29 is 0 Å². The van der Waals surface area contributed by atoms with Crippen LogP contribution in [-0.4, -0.2) is 15.8 Å². The summed E-state index contributed by atoms with van der Waals surface area (Å²) in [4.78, 5) is 0. The number of rotatable bonds is 3. The predicted octanol–water partition coefficient (Wildman–Crippen LogP) is 3.96. The fraction of sp³-hybridized carbons (Fsp3) is 0.357. The summed E-state index contributed by atoms with van der Waals surface area (Å²) < 4.78 is 4.11. The molecule has 5 heteroatoms. The van der Waals surface area contributed by atoms with Gasteiger partial charge in [-0.05, 0) is 54.4 Å². The predicted molar refractivity (Wildman–Crippen MR) is 85.3 cm³/mol. The summed E-state index contributed by atoms with van der Waals surface area (Å²) in [6.07, 6.45) is 0. The molecule has 19 heavy (non-hydrogen) atoms. The van der Waals surface area contributed by atoms with Crippen LogP contribution < -0.4 is 5.73 Å². The van der Waals surface area contributed by atoms with Crippen LogP contribution in [-0.2, 0) is 0 Å². The lowest BCUT2D eigenvalue weighted by molar-refractivity contribution is 0.443. The van der Waals surface area contributed by atoms with E-state index >= 15 is 0 Å². The van der Waals surface area contributed by atoms with E-state index in [0.29, 0.717) is 0 Å².